The Hall–Kier alpha value is -1.61. The van der Waals surface area contributed by atoms with Crippen molar-refractivity contribution in [2.45, 2.75) is 31.7 Å². The third kappa shape index (κ3) is 4.07. The highest BCUT2D eigenvalue weighted by Crippen LogP contribution is 2.28. The molecule has 9 heteroatoms. The van der Waals surface area contributed by atoms with E-state index in [1.165, 1.54) is 18.2 Å². The lowest BCUT2D eigenvalue weighted by atomic mass is 10.1. The Labute approximate surface area is 147 Å². The van der Waals surface area contributed by atoms with E-state index in [1.807, 2.05) is 0 Å². The van der Waals surface area contributed by atoms with Crippen LogP contribution in [-0.4, -0.2) is 33.6 Å². The highest BCUT2D eigenvalue weighted by atomic mass is 35.5. The summed E-state index contributed by atoms with van der Waals surface area (Å²) in [6, 6.07) is 4.04. The Morgan fingerprint density at radius 3 is 2.67 bits per heavy atom. The summed E-state index contributed by atoms with van der Waals surface area (Å²) >= 11 is 0. The zero-order valence-electron chi connectivity index (χ0n) is 13.7. The second-order valence-electron chi connectivity index (χ2n) is 5.19. The molecule has 0 fully saturated rings. The van der Waals surface area contributed by atoms with Gasteiger partial charge in [-0.1, -0.05) is 0 Å². The van der Waals surface area contributed by atoms with Gasteiger partial charge in [-0.15, -0.1) is 12.4 Å². The number of carbonyl (C=O) groups is 1. The van der Waals surface area contributed by atoms with Crippen molar-refractivity contribution in [3.8, 4) is 0 Å². The number of rotatable bonds is 6. The minimum absolute atomic E-state index is 0. The first-order valence-electron chi connectivity index (χ1n) is 7.22. The molecular weight excluding hydrogens is 356 g/mol. The van der Waals surface area contributed by atoms with Crippen LogP contribution in [0.4, 0.5) is 0 Å². The Balaban J connectivity index is 0.00000288. The molecule has 7 nitrogen and oxygen atoms in total. The van der Waals surface area contributed by atoms with Crippen molar-refractivity contribution in [3.05, 3.63) is 29.5 Å². The maximum atomic E-state index is 12.3. The number of carbonyl (C=O) groups excluding carboxylic acids is 1. The third-order valence-electron chi connectivity index (χ3n) is 3.39. The van der Waals surface area contributed by atoms with E-state index >= 15 is 0 Å². The lowest BCUT2D eigenvalue weighted by Crippen LogP contribution is -2.37. The average Bonchev–Trinajstić information content (AvgIpc) is 2.84. The first-order chi connectivity index (χ1) is 10.8. The van der Waals surface area contributed by atoms with E-state index in [0.29, 0.717) is 16.5 Å². The number of ether oxygens (including phenoxy) is 1. The van der Waals surface area contributed by atoms with Gasteiger partial charge >= 0.3 is 5.97 Å². The fourth-order valence-electron chi connectivity index (χ4n) is 2.14. The van der Waals surface area contributed by atoms with Gasteiger partial charge in [0.2, 0.25) is 15.8 Å². The standard InChI is InChI=1S/C15H20N2O5S.ClH/c1-4-21-15(18)14-10(3)12-7-11(5-6-13(12)22-14)23(19,20)17-9(2)8-16;/h5-7,9,17H,4,8,16H2,1-3H3;1H/t9-;/m1./s1. The summed E-state index contributed by atoms with van der Waals surface area (Å²) in [7, 11) is -3.69. The predicted octanol–water partition coefficient (Wildman–Crippen LogP) is 1.97. The van der Waals surface area contributed by atoms with E-state index in [0.717, 1.165) is 0 Å². The van der Waals surface area contributed by atoms with Gasteiger partial charge in [0.15, 0.2) is 0 Å². The number of furan rings is 1. The van der Waals surface area contributed by atoms with Crippen molar-refractivity contribution < 1.29 is 22.4 Å². The minimum atomic E-state index is -3.69. The van der Waals surface area contributed by atoms with Crippen LogP contribution in [0.25, 0.3) is 11.0 Å². The molecule has 2 rings (SSSR count). The summed E-state index contributed by atoms with van der Waals surface area (Å²) in [6.07, 6.45) is 0. The van der Waals surface area contributed by atoms with Crippen LogP contribution in [0, 0.1) is 6.92 Å². The number of fused-ring (bicyclic) bond motifs is 1. The number of nitrogens with one attached hydrogen (secondary N) is 1. The van der Waals surface area contributed by atoms with E-state index in [4.69, 9.17) is 14.9 Å². The van der Waals surface area contributed by atoms with Crippen LogP contribution < -0.4 is 10.5 Å². The molecule has 2 aromatic rings. The van der Waals surface area contributed by atoms with E-state index in [9.17, 15) is 13.2 Å². The molecule has 134 valence electrons. The van der Waals surface area contributed by atoms with Gasteiger partial charge in [0.25, 0.3) is 0 Å². The summed E-state index contributed by atoms with van der Waals surface area (Å²) in [6.45, 7) is 5.49. The van der Waals surface area contributed by atoms with Crippen LogP contribution >= 0.6 is 12.4 Å². The number of sulfonamides is 1. The average molecular weight is 377 g/mol. The molecule has 0 amide bonds. The van der Waals surface area contributed by atoms with E-state index < -0.39 is 16.0 Å². The van der Waals surface area contributed by atoms with E-state index in [1.54, 1.807) is 20.8 Å². The molecule has 0 bridgehead atoms. The maximum absolute atomic E-state index is 12.3. The molecule has 0 saturated heterocycles. The first kappa shape index (κ1) is 20.4. The van der Waals surface area contributed by atoms with Gasteiger partial charge in [-0.25, -0.2) is 17.9 Å². The number of hydrogen-bond acceptors (Lipinski definition) is 6. The molecule has 1 aromatic carbocycles. The lowest BCUT2D eigenvalue weighted by molar-refractivity contribution is 0.0491. The summed E-state index contributed by atoms with van der Waals surface area (Å²) < 4.78 is 37.5. The summed E-state index contributed by atoms with van der Waals surface area (Å²) in [5, 5.41) is 0.552. The molecule has 0 saturated carbocycles. The molecule has 1 aromatic heterocycles. The number of esters is 1. The Morgan fingerprint density at radius 2 is 2.08 bits per heavy atom. The quantitative estimate of drug-likeness (QED) is 0.745. The van der Waals surface area contributed by atoms with Crippen molar-refractivity contribution in [1.29, 1.82) is 0 Å². The SMILES string of the molecule is CCOC(=O)c1oc2ccc(S(=O)(=O)N[C@H](C)CN)cc2c1C.Cl. The molecule has 0 aliphatic carbocycles. The first-order valence-corrected chi connectivity index (χ1v) is 8.71. The predicted molar refractivity (Wildman–Crippen MR) is 93.0 cm³/mol. The monoisotopic (exact) mass is 376 g/mol. The highest BCUT2D eigenvalue weighted by molar-refractivity contribution is 7.89. The third-order valence-corrected chi connectivity index (χ3v) is 4.98. The second kappa shape index (κ2) is 7.98. The van der Waals surface area contributed by atoms with Gasteiger partial charge in [-0.05, 0) is 39.0 Å². The fraction of sp³-hybridized carbons (Fsp3) is 0.400. The van der Waals surface area contributed by atoms with Crippen LogP contribution in [0.1, 0.15) is 30.0 Å². The molecule has 0 radical (unpaired) electrons. The molecule has 0 aliphatic rings. The van der Waals surface area contributed by atoms with Crippen molar-refractivity contribution in [2.75, 3.05) is 13.2 Å². The zero-order chi connectivity index (χ0) is 17.2. The van der Waals surface area contributed by atoms with Crippen molar-refractivity contribution in [2.24, 2.45) is 5.73 Å². The molecule has 0 aliphatic heterocycles. The lowest BCUT2D eigenvalue weighted by Gasteiger charge is -2.11. The summed E-state index contributed by atoms with van der Waals surface area (Å²) in [5.41, 5.74) is 6.41. The molecule has 1 atom stereocenters. The van der Waals surface area contributed by atoms with Gasteiger partial charge in [-0.2, -0.15) is 0 Å². The molecule has 0 unspecified atom stereocenters. The van der Waals surface area contributed by atoms with Gasteiger partial charge < -0.3 is 14.9 Å². The van der Waals surface area contributed by atoms with Gasteiger partial charge in [0.05, 0.1) is 11.5 Å². The second-order valence-corrected chi connectivity index (χ2v) is 6.91. The van der Waals surface area contributed by atoms with Crippen molar-refractivity contribution in [1.82, 2.24) is 4.72 Å². The summed E-state index contributed by atoms with van der Waals surface area (Å²) in [4.78, 5) is 11.9. The van der Waals surface area contributed by atoms with E-state index in [-0.39, 0.29) is 42.3 Å². The number of halogens is 1. The smallest absolute Gasteiger partial charge is 0.374 e. The minimum Gasteiger partial charge on any atom is -0.460 e. The molecule has 0 spiro atoms. The molecule has 3 N–H and O–H groups in total. The number of hydrogen-bond donors (Lipinski definition) is 2. The molecule has 1 heterocycles. The largest absolute Gasteiger partial charge is 0.460 e. The number of aryl methyl sites for hydroxylation is 1. The van der Waals surface area contributed by atoms with Crippen LogP contribution in [0.2, 0.25) is 0 Å². The van der Waals surface area contributed by atoms with Gasteiger partial charge in [0, 0.05) is 23.5 Å². The van der Waals surface area contributed by atoms with E-state index in [2.05, 4.69) is 4.72 Å². The molecule has 24 heavy (non-hydrogen) atoms. The van der Waals surface area contributed by atoms with Gasteiger partial charge in [-0.3, -0.25) is 0 Å². The number of benzene rings is 1. The highest BCUT2D eigenvalue weighted by Gasteiger charge is 2.22. The van der Waals surface area contributed by atoms with Crippen LogP contribution in [0.5, 0.6) is 0 Å². The van der Waals surface area contributed by atoms with Crippen LogP contribution in [0.15, 0.2) is 27.5 Å². The topological polar surface area (TPSA) is 112 Å². The van der Waals surface area contributed by atoms with Crippen LogP contribution in [-0.2, 0) is 14.8 Å². The van der Waals surface area contributed by atoms with Crippen molar-refractivity contribution in [3.63, 3.8) is 0 Å². The Bertz CT molecular complexity index is 832. The van der Waals surface area contributed by atoms with Crippen molar-refractivity contribution >= 4 is 39.4 Å². The molecular formula is C15H21ClN2O5S. The number of nitrogens with two attached hydrogens (primary N) is 1. The Morgan fingerprint density at radius 1 is 1.42 bits per heavy atom. The zero-order valence-corrected chi connectivity index (χ0v) is 15.3. The van der Waals surface area contributed by atoms with Crippen LogP contribution in [0.3, 0.4) is 0 Å². The Kier molecular flexibility index (Phi) is 6.79. The normalized spacial score (nSPS) is 12.7. The maximum Gasteiger partial charge on any atom is 0.374 e. The van der Waals surface area contributed by atoms with Gasteiger partial charge in [0.1, 0.15) is 5.58 Å². The summed E-state index contributed by atoms with van der Waals surface area (Å²) in [5.74, 6) is -0.486. The fourth-order valence-corrected chi connectivity index (χ4v) is 3.42.